The Morgan fingerprint density at radius 3 is 2.42 bits per heavy atom. The first-order valence-corrected chi connectivity index (χ1v) is 7.95. The van der Waals surface area contributed by atoms with Crippen molar-refractivity contribution in [3.8, 4) is 5.75 Å². The molecule has 0 aliphatic rings. The van der Waals surface area contributed by atoms with Crippen LogP contribution >= 0.6 is 15.9 Å². The van der Waals surface area contributed by atoms with Crippen molar-refractivity contribution in [2.75, 3.05) is 5.75 Å². The van der Waals surface area contributed by atoms with Gasteiger partial charge in [0, 0.05) is 10.5 Å². The Bertz CT molecular complexity index is 590. The van der Waals surface area contributed by atoms with Gasteiger partial charge in [-0.2, -0.15) is 0 Å². The highest BCUT2D eigenvalue weighted by atomic mass is 79.9. The minimum Gasteiger partial charge on any atom is -0.410 e. The maximum atomic E-state index is 12.3. The number of carbonyl (C=O) groups excluding carboxylic acids is 1. The summed E-state index contributed by atoms with van der Waals surface area (Å²) in [6, 6.07) is 4.26. The summed E-state index contributed by atoms with van der Waals surface area (Å²) in [5, 5.41) is 0. The van der Waals surface area contributed by atoms with E-state index < -0.39 is 15.9 Å². The van der Waals surface area contributed by atoms with Gasteiger partial charge >= 0.3 is 6.09 Å². The summed E-state index contributed by atoms with van der Waals surface area (Å²) in [6.07, 6.45) is -0.985. The molecular formula is C12H16BrNO4S. The topological polar surface area (TPSA) is 86.5 Å². The molecule has 0 aliphatic heterocycles. The first-order chi connectivity index (χ1) is 8.51. The molecule has 2 N–H and O–H groups in total. The maximum absolute atomic E-state index is 12.3. The first-order valence-electron chi connectivity index (χ1n) is 5.51. The highest BCUT2D eigenvalue weighted by Gasteiger charge is 2.26. The summed E-state index contributed by atoms with van der Waals surface area (Å²) in [6.45, 7) is 5.51. The van der Waals surface area contributed by atoms with E-state index in [9.17, 15) is 13.2 Å². The van der Waals surface area contributed by atoms with E-state index in [1.54, 1.807) is 0 Å². The zero-order valence-electron chi connectivity index (χ0n) is 10.9. The zero-order valence-corrected chi connectivity index (χ0v) is 13.3. The van der Waals surface area contributed by atoms with E-state index in [-0.39, 0.29) is 21.8 Å². The number of nitrogens with two attached hydrogens (primary N) is 1. The van der Waals surface area contributed by atoms with Crippen LogP contribution in [-0.2, 0) is 9.84 Å². The summed E-state index contributed by atoms with van der Waals surface area (Å²) in [7, 11) is -3.49. The van der Waals surface area contributed by atoms with Crippen LogP contribution in [0.5, 0.6) is 5.75 Å². The highest BCUT2D eigenvalue weighted by Crippen LogP contribution is 2.30. The molecule has 19 heavy (non-hydrogen) atoms. The molecule has 0 aliphatic carbocycles. The van der Waals surface area contributed by atoms with Crippen molar-refractivity contribution in [1.82, 2.24) is 0 Å². The number of ether oxygens (including phenoxy) is 1. The van der Waals surface area contributed by atoms with E-state index in [1.807, 2.05) is 20.8 Å². The molecule has 0 saturated carbocycles. The number of primary amides is 1. The van der Waals surface area contributed by atoms with E-state index in [0.717, 1.165) is 0 Å². The molecule has 5 nitrogen and oxygen atoms in total. The van der Waals surface area contributed by atoms with Gasteiger partial charge in [0.15, 0.2) is 9.84 Å². The molecule has 0 heterocycles. The van der Waals surface area contributed by atoms with Crippen LogP contribution < -0.4 is 10.5 Å². The van der Waals surface area contributed by atoms with Gasteiger partial charge in [-0.15, -0.1) is 0 Å². The predicted octanol–water partition coefficient (Wildman–Crippen LogP) is 2.73. The average molecular weight is 350 g/mol. The molecule has 106 valence electrons. The van der Waals surface area contributed by atoms with Crippen molar-refractivity contribution < 1.29 is 17.9 Å². The number of hydrogen-bond donors (Lipinski definition) is 1. The van der Waals surface area contributed by atoms with Gasteiger partial charge in [-0.3, -0.25) is 0 Å². The Morgan fingerprint density at radius 1 is 1.37 bits per heavy atom. The molecule has 0 atom stereocenters. The molecule has 1 aromatic rings. The van der Waals surface area contributed by atoms with E-state index in [0.29, 0.717) is 4.47 Å². The molecule has 0 saturated heterocycles. The van der Waals surface area contributed by atoms with E-state index in [2.05, 4.69) is 20.7 Å². The lowest BCUT2D eigenvalue weighted by Crippen LogP contribution is -2.21. The van der Waals surface area contributed by atoms with Crippen LogP contribution in [0.4, 0.5) is 4.79 Å². The molecule has 0 unspecified atom stereocenters. The van der Waals surface area contributed by atoms with Crippen molar-refractivity contribution in [1.29, 1.82) is 0 Å². The molecule has 1 amide bonds. The SMILES string of the molecule is CC(C)(C)CS(=O)(=O)c1cc(OC(N)=O)ccc1Br. The van der Waals surface area contributed by atoms with Crippen LogP contribution in [0.15, 0.2) is 27.6 Å². The van der Waals surface area contributed by atoms with Crippen molar-refractivity contribution in [3.05, 3.63) is 22.7 Å². The standard InChI is InChI=1S/C12H16BrNO4S/c1-12(2,3)7-19(16,17)10-6-8(18-11(14)15)4-5-9(10)13/h4-6H,7H2,1-3H3,(H2,14,15). The first kappa shape index (κ1) is 16.0. The number of rotatable bonds is 3. The van der Waals surface area contributed by atoms with Crippen molar-refractivity contribution in [2.45, 2.75) is 25.7 Å². The van der Waals surface area contributed by atoms with Gasteiger partial charge in [-0.05, 0) is 33.5 Å². The van der Waals surface area contributed by atoms with E-state index >= 15 is 0 Å². The third kappa shape index (κ3) is 4.83. The minimum atomic E-state index is -3.49. The molecule has 7 heteroatoms. The molecular weight excluding hydrogens is 334 g/mol. The Kier molecular flexibility index (Phi) is 4.63. The summed E-state index contributed by atoms with van der Waals surface area (Å²) in [4.78, 5) is 10.8. The van der Waals surface area contributed by atoms with Crippen molar-refractivity contribution in [2.24, 2.45) is 11.1 Å². The van der Waals surface area contributed by atoms with Crippen LogP contribution in [0, 0.1) is 5.41 Å². The minimum absolute atomic E-state index is 0.0153. The Morgan fingerprint density at radius 2 is 1.95 bits per heavy atom. The number of sulfone groups is 1. The largest absolute Gasteiger partial charge is 0.410 e. The normalized spacial score (nSPS) is 12.2. The molecule has 0 fully saturated rings. The third-order valence-electron chi connectivity index (χ3n) is 2.08. The molecule has 0 radical (unpaired) electrons. The second kappa shape index (κ2) is 5.50. The van der Waals surface area contributed by atoms with Crippen molar-refractivity contribution >= 4 is 31.9 Å². The quantitative estimate of drug-likeness (QED) is 0.908. The lowest BCUT2D eigenvalue weighted by molar-refractivity contribution is 0.210. The third-order valence-corrected chi connectivity index (χ3v) is 5.29. The van der Waals surface area contributed by atoms with Gasteiger partial charge in [-0.25, -0.2) is 13.2 Å². The number of carbonyl (C=O) groups is 1. The molecule has 1 rings (SSSR count). The van der Waals surface area contributed by atoms with Gasteiger partial charge in [0.25, 0.3) is 0 Å². The van der Waals surface area contributed by atoms with Crippen LogP contribution in [-0.4, -0.2) is 20.3 Å². The second-order valence-electron chi connectivity index (χ2n) is 5.33. The lowest BCUT2D eigenvalue weighted by Gasteiger charge is -2.18. The lowest BCUT2D eigenvalue weighted by atomic mass is 10.0. The van der Waals surface area contributed by atoms with Crippen LogP contribution in [0.1, 0.15) is 20.8 Å². The van der Waals surface area contributed by atoms with Crippen LogP contribution in [0.2, 0.25) is 0 Å². The molecule has 0 aromatic heterocycles. The van der Waals surface area contributed by atoms with Crippen molar-refractivity contribution in [3.63, 3.8) is 0 Å². The Hall–Kier alpha value is -1.08. The summed E-state index contributed by atoms with van der Waals surface area (Å²) >= 11 is 3.19. The zero-order chi connectivity index (χ0) is 14.8. The molecule has 1 aromatic carbocycles. The molecule has 0 spiro atoms. The Balaban J connectivity index is 3.22. The predicted molar refractivity (Wildman–Crippen MR) is 75.9 cm³/mol. The van der Waals surface area contributed by atoms with Gasteiger partial charge in [0.05, 0.1) is 10.6 Å². The van der Waals surface area contributed by atoms with Gasteiger partial charge in [-0.1, -0.05) is 20.8 Å². The number of amides is 1. The van der Waals surface area contributed by atoms with Crippen LogP contribution in [0.3, 0.4) is 0 Å². The summed E-state index contributed by atoms with van der Waals surface area (Å²) in [5.41, 5.74) is 4.52. The molecule has 0 bridgehead atoms. The number of halogens is 1. The monoisotopic (exact) mass is 349 g/mol. The fourth-order valence-electron chi connectivity index (χ4n) is 1.55. The number of hydrogen-bond acceptors (Lipinski definition) is 4. The average Bonchev–Trinajstić information content (AvgIpc) is 2.16. The highest BCUT2D eigenvalue weighted by molar-refractivity contribution is 9.10. The van der Waals surface area contributed by atoms with E-state index in [1.165, 1.54) is 18.2 Å². The van der Waals surface area contributed by atoms with Gasteiger partial charge < -0.3 is 10.5 Å². The second-order valence-corrected chi connectivity index (χ2v) is 8.15. The maximum Gasteiger partial charge on any atom is 0.409 e. The number of benzene rings is 1. The Labute approximate surface area is 121 Å². The summed E-state index contributed by atoms with van der Waals surface area (Å²) in [5.74, 6) is 0.0849. The van der Waals surface area contributed by atoms with Crippen LogP contribution in [0.25, 0.3) is 0 Å². The fourth-order valence-corrected chi connectivity index (χ4v) is 4.49. The fraction of sp³-hybridized carbons (Fsp3) is 0.417. The van der Waals surface area contributed by atoms with E-state index in [4.69, 9.17) is 5.73 Å². The van der Waals surface area contributed by atoms with Gasteiger partial charge in [0.2, 0.25) is 0 Å². The summed E-state index contributed by atoms with van der Waals surface area (Å²) < 4.78 is 29.7. The van der Waals surface area contributed by atoms with Gasteiger partial charge in [0.1, 0.15) is 5.75 Å². The smallest absolute Gasteiger partial charge is 0.409 e.